The molecule has 2 aromatic rings. The summed E-state index contributed by atoms with van der Waals surface area (Å²) in [6.07, 6.45) is 6.88. The summed E-state index contributed by atoms with van der Waals surface area (Å²) in [7, 11) is 0. The molecule has 0 atom stereocenters. The summed E-state index contributed by atoms with van der Waals surface area (Å²) in [5.74, 6) is 0. The zero-order valence-electron chi connectivity index (χ0n) is 10.0. The second kappa shape index (κ2) is 4.98. The molecule has 0 nitrogen and oxygen atoms in total. The molecule has 0 aromatic heterocycles. The number of rotatable bonds is 0. The van der Waals surface area contributed by atoms with Crippen molar-refractivity contribution in [1.29, 1.82) is 0 Å². The molecular formula is C16H18. The second-order valence-corrected chi connectivity index (χ2v) is 3.84. The lowest BCUT2D eigenvalue weighted by Gasteiger charge is -2.11. The summed E-state index contributed by atoms with van der Waals surface area (Å²) in [6.45, 7) is 4.00. The van der Waals surface area contributed by atoms with E-state index in [0.29, 0.717) is 0 Å². The monoisotopic (exact) mass is 210 g/mol. The van der Waals surface area contributed by atoms with Gasteiger partial charge in [-0.05, 0) is 40.8 Å². The minimum absolute atomic E-state index is 1.19. The van der Waals surface area contributed by atoms with Crippen LogP contribution in [0.2, 0.25) is 0 Å². The van der Waals surface area contributed by atoms with Crippen LogP contribution in [-0.2, 0) is 6.42 Å². The van der Waals surface area contributed by atoms with Gasteiger partial charge in [0.25, 0.3) is 0 Å². The Morgan fingerprint density at radius 3 is 2.38 bits per heavy atom. The van der Waals surface area contributed by atoms with E-state index in [1.54, 1.807) is 0 Å². The van der Waals surface area contributed by atoms with Crippen LogP contribution in [-0.4, -0.2) is 0 Å². The molecule has 0 saturated heterocycles. The summed E-state index contributed by atoms with van der Waals surface area (Å²) < 4.78 is 0. The maximum atomic E-state index is 2.33. The third kappa shape index (κ3) is 2.01. The molecular weight excluding hydrogens is 192 g/mol. The molecule has 1 aliphatic rings. The summed E-state index contributed by atoms with van der Waals surface area (Å²) >= 11 is 0. The Morgan fingerprint density at radius 2 is 1.62 bits per heavy atom. The number of fused-ring (bicyclic) bond motifs is 2. The quantitative estimate of drug-likeness (QED) is 0.584. The number of hydrogen-bond donors (Lipinski definition) is 0. The van der Waals surface area contributed by atoms with E-state index in [2.05, 4.69) is 48.6 Å². The molecule has 0 fully saturated rings. The molecule has 3 rings (SSSR count). The molecule has 2 aromatic carbocycles. The Kier molecular flexibility index (Phi) is 3.40. The van der Waals surface area contributed by atoms with Crippen LogP contribution in [0, 0.1) is 0 Å². The van der Waals surface area contributed by atoms with Crippen molar-refractivity contribution < 1.29 is 0 Å². The molecule has 0 heterocycles. The van der Waals surface area contributed by atoms with Gasteiger partial charge in [-0.3, -0.25) is 0 Å². The highest BCUT2D eigenvalue weighted by Crippen LogP contribution is 2.25. The molecule has 1 aliphatic carbocycles. The Balaban J connectivity index is 0.000000457. The Labute approximate surface area is 97.6 Å². The molecule has 0 spiro atoms. The number of aryl methyl sites for hydroxylation is 1. The van der Waals surface area contributed by atoms with Crippen LogP contribution in [0.25, 0.3) is 16.8 Å². The highest BCUT2D eigenvalue weighted by atomic mass is 14.1. The van der Waals surface area contributed by atoms with Crippen LogP contribution in [0.3, 0.4) is 0 Å². The number of benzene rings is 2. The zero-order valence-corrected chi connectivity index (χ0v) is 10.0. The van der Waals surface area contributed by atoms with Gasteiger partial charge in [-0.1, -0.05) is 56.3 Å². The van der Waals surface area contributed by atoms with Gasteiger partial charge < -0.3 is 0 Å². The van der Waals surface area contributed by atoms with Crippen molar-refractivity contribution in [2.45, 2.75) is 26.7 Å². The van der Waals surface area contributed by atoms with Crippen molar-refractivity contribution in [3.05, 3.63) is 53.6 Å². The van der Waals surface area contributed by atoms with Crippen molar-refractivity contribution in [3.8, 4) is 0 Å². The third-order valence-corrected chi connectivity index (χ3v) is 2.89. The minimum Gasteiger partial charge on any atom is -0.0836 e. The Morgan fingerprint density at radius 1 is 0.938 bits per heavy atom. The van der Waals surface area contributed by atoms with E-state index < -0.39 is 0 Å². The first-order valence-electron chi connectivity index (χ1n) is 6.12. The van der Waals surface area contributed by atoms with Gasteiger partial charge in [-0.25, -0.2) is 0 Å². The molecule has 0 bridgehead atoms. The van der Waals surface area contributed by atoms with Crippen molar-refractivity contribution >= 4 is 16.8 Å². The van der Waals surface area contributed by atoms with Gasteiger partial charge in [0.1, 0.15) is 0 Å². The van der Waals surface area contributed by atoms with Crippen molar-refractivity contribution in [2.75, 3.05) is 0 Å². The van der Waals surface area contributed by atoms with E-state index >= 15 is 0 Å². The van der Waals surface area contributed by atoms with Crippen LogP contribution < -0.4 is 0 Å². The van der Waals surface area contributed by atoms with Gasteiger partial charge in [-0.15, -0.1) is 0 Å². The van der Waals surface area contributed by atoms with Gasteiger partial charge in [0.2, 0.25) is 0 Å². The first kappa shape index (κ1) is 10.9. The minimum atomic E-state index is 1.19. The van der Waals surface area contributed by atoms with Gasteiger partial charge >= 0.3 is 0 Å². The van der Waals surface area contributed by atoms with Crippen molar-refractivity contribution in [1.82, 2.24) is 0 Å². The van der Waals surface area contributed by atoms with E-state index in [1.165, 1.54) is 34.7 Å². The lowest BCUT2D eigenvalue weighted by Crippen LogP contribution is -1.93. The normalized spacial score (nSPS) is 12.9. The van der Waals surface area contributed by atoms with Gasteiger partial charge in [0.05, 0.1) is 0 Å². The van der Waals surface area contributed by atoms with Crippen molar-refractivity contribution in [2.24, 2.45) is 0 Å². The van der Waals surface area contributed by atoms with Crippen molar-refractivity contribution in [3.63, 3.8) is 0 Å². The fraction of sp³-hybridized carbons (Fsp3) is 0.250. The number of hydrogen-bond acceptors (Lipinski definition) is 0. The van der Waals surface area contributed by atoms with E-state index in [4.69, 9.17) is 0 Å². The van der Waals surface area contributed by atoms with E-state index in [0.717, 1.165) is 0 Å². The highest BCUT2D eigenvalue weighted by Gasteiger charge is 2.05. The standard InChI is InChI=1S/C14H12.C2H6/c1-2-6-12-10-14-8-4-3-7-13(14)9-11(12)5-1;1-2/h1-3,5-7,9-10H,4,8H2;1-2H3. The molecule has 0 unspecified atom stereocenters. The summed E-state index contributed by atoms with van der Waals surface area (Å²) in [6, 6.07) is 13.2. The molecule has 0 saturated carbocycles. The van der Waals surface area contributed by atoms with E-state index in [9.17, 15) is 0 Å². The lowest BCUT2D eigenvalue weighted by molar-refractivity contribution is 0.989. The molecule has 0 heteroatoms. The SMILES string of the molecule is C1=Cc2cc3ccccc3cc2CC1.CC. The van der Waals surface area contributed by atoms with Crippen LogP contribution in [0.15, 0.2) is 42.5 Å². The third-order valence-electron chi connectivity index (χ3n) is 2.89. The molecule has 82 valence electrons. The Bertz CT molecular complexity index is 506. The zero-order chi connectivity index (χ0) is 11.4. The largest absolute Gasteiger partial charge is 0.0836 e. The predicted octanol–water partition coefficient (Wildman–Crippen LogP) is 4.83. The van der Waals surface area contributed by atoms with Crippen LogP contribution in [0.5, 0.6) is 0 Å². The predicted molar refractivity (Wildman–Crippen MR) is 72.7 cm³/mol. The van der Waals surface area contributed by atoms with E-state index in [1.807, 2.05) is 13.8 Å². The van der Waals surface area contributed by atoms with Crippen LogP contribution in [0.1, 0.15) is 31.4 Å². The molecule has 0 amide bonds. The molecule has 0 aliphatic heterocycles. The second-order valence-electron chi connectivity index (χ2n) is 3.84. The van der Waals surface area contributed by atoms with Gasteiger partial charge in [0, 0.05) is 0 Å². The fourth-order valence-electron chi connectivity index (χ4n) is 2.13. The van der Waals surface area contributed by atoms with Crippen LogP contribution >= 0.6 is 0 Å². The smallest absolute Gasteiger partial charge is 0.0178 e. The summed E-state index contributed by atoms with van der Waals surface area (Å²) in [5, 5.41) is 2.71. The lowest BCUT2D eigenvalue weighted by atomic mass is 9.94. The molecule has 0 N–H and O–H groups in total. The van der Waals surface area contributed by atoms with Gasteiger partial charge in [-0.2, -0.15) is 0 Å². The average molecular weight is 210 g/mol. The maximum absolute atomic E-state index is 2.33. The average Bonchev–Trinajstić information content (AvgIpc) is 2.38. The van der Waals surface area contributed by atoms with Crippen LogP contribution in [0.4, 0.5) is 0 Å². The maximum Gasteiger partial charge on any atom is -0.0178 e. The van der Waals surface area contributed by atoms with Gasteiger partial charge in [0.15, 0.2) is 0 Å². The summed E-state index contributed by atoms with van der Waals surface area (Å²) in [5.41, 5.74) is 2.89. The summed E-state index contributed by atoms with van der Waals surface area (Å²) in [4.78, 5) is 0. The first-order chi connectivity index (χ1) is 7.93. The first-order valence-corrected chi connectivity index (χ1v) is 6.12. The topological polar surface area (TPSA) is 0 Å². The highest BCUT2D eigenvalue weighted by molar-refractivity contribution is 5.86. The van der Waals surface area contributed by atoms with E-state index in [-0.39, 0.29) is 0 Å². The fourth-order valence-corrected chi connectivity index (χ4v) is 2.13. The number of allylic oxidation sites excluding steroid dienone is 1. The molecule has 16 heavy (non-hydrogen) atoms. The Hall–Kier alpha value is -1.56. The molecule has 0 radical (unpaired) electrons.